The number of nitrogens with one attached hydrogen (secondary N) is 1. The van der Waals surface area contributed by atoms with Gasteiger partial charge in [0.1, 0.15) is 0 Å². The maximum absolute atomic E-state index is 12.1. The van der Waals surface area contributed by atoms with E-state index in [1.807, 2.05) is 36.4 Å². The average Bonchev–Trinajstić information content (AvgIpc) is 2.71. The van der Waals surface area contributed by atoms with Crippen LogP contribution in [-0.2, 0) is 4.79 Å². The average molecular weight is 383 g/mol. The highest BCUT2D eigenvalue weighted by atomic mass is 16.1. The van der Waals surface area contributed by atoms with Crippen molar-refractivity contribution in [3.63, 3.8) is 0 Å². The van der Waals surface area contributed by atoms with Crippen molar-refractivity contribution in [3.05, 3.63) is 100 Å². The first-order valence-corrected chi connectivity index (χ1v) is 9.62. The molecule has 0 aliphatic carbocycles. The quantitative estimate of drug-likeness (QED) is 0.322. The van der Waals surface area contributed by atoms with Gasteiger partial charge in [0.2, 0.25) is 5.91 Å². The van der Waals surface area contributed by atoms with Crippen LogP contribution < -0.4 is 11.1 Å². The predicted octanol–water partition coefficient (Wildman–Crippen LogP) is 6.02. The first-order valence-electron chi connectivity index (χ1n) is 9.62. The molecule has 0 saturated heterocycles. The highest BCUT2D eigenvalue weighted by molar-refractivity contribution is 6.03. The Labute approximate surface area is 172 Å². The zero-order valence-corrected chi connectivity index (χ0v) is 17.1. The molecule has 29 heavy (non-hydrogen) atoms. The molecule has 0 saturated carbocycles. The third kappa shape index (κ3) is 5.45. The molecule has 0 aliphatic heterocycles. The fourth-order valence-corrected chi connectivity index (χ4v) is 3.03. The summed E-state index contributed by atoms with van der Waals surface area (Å²) < 4.78 is 0. The summed E-state index contributed by atoms with van der Waals surface area (Å²) in [6.45, 7) is 6.44. The van der Waals surface area contributed by atoms with Crippen LogP contribution in [0.2, 0.25) is 0 Å². The lowest BCUT2D eigenvalue weighted by atomic mass is 10.00. The summed E-state index contributed by atoms with van der Waals surface area (Å²) in [6, 6.07) is 19.7. The van der Waals surface area contributed by atoms with E-state index < -0.39 is 0 Å². The zero-order chi connectivity index (χ0) is 20.8. The number of benzene rings is 3. The fourth-order valence-electron chi connectivity index (χ4n) is 3.03. The summed E-state index contributed by atoms with van der Waals surface area (Å²) in [5, 5.41) is 2.78. The van der Waals surface area contributed by atoms with E-state index >= 15 is 0 Å². The van der Waals surface area contributed by atoms with Gasteiger partial charge in [-0.15, -0.1) is 0 Å². The molecule has 3 rings (SSSR count). The number of rotatable bonds is 5. The minimum absolute atomic E-state index is 0.211. The normalized spacial score (nSPS) is 11.3. The smallest absolute Gasteiger partial charge is 0.248 e. The molecular formula is C26H26N2O. The Morgan fingerprint density at radius 3 is 1.97 bits per heavy atom. The zero-order valence-electron chi connectivity index (χ0n) is 17.1. The fraction of sp³-hybridized carbons (Fsp3) is 0.115. The molecule has 0 heterocycles. The number of carbonyl (C=O) groups excluding carboxylic acids is 1. The van der Waals surface area contributed by atoms with E-state index in [0.717, 1.165) is 11.1 Å². The van der Waals surface area contributed by atoms with Gasteiger partial charge in [-0.1, -0.05) is 60.7 Å². The maximum atomic E-state index is 12.1. The number of anilines is 2. The van der Waals surface area contributed by atoms with Crippen LogP contribution in [0.3, 0.4) is 0 Å². The second kappa shape index (κ2) is 9.07. The van der Waals surface area contributed by atoms with E-state index in [0.29, 0.717) is 11.4 Å². The van der Waals surface area contributed by atoms with Crippen LogP contribution in [0.25, 0.3) is 18.2 Å². The van der Waals surface area contributed by atoms with Crippen molar-refractivity contribution in [2.75, 3.05) is 11.1 Å². The molecule has 3 aromatic rings. The van der Waals surface area contributed by atoms with Crippen molar-refractivity contribution in [1.29, 1.82) is 0 Å². The Bertz CT molecular complexity index is 1050. The Hall–Kier alpha value is -3.59. The molecule has 3 N–H and O–H groups in total. The van der Waals surface area contributed by atoms with Gasteiger partial charge in [-0.2, -0.15) is 0 Å². The molecule has 3 heteroatoms. The first kappa shape index (κ1) is 20.2. The third-order valence-corrected chi connectivity index (χ3v) is 5.00. The molecule has 0 spiro atoms. The number of aryl methyl sites for hydroxylation is 2. The van der Waals surface area contributed by atoms with Crippen molar-refractivity contribution < 1.29 is 4.79 Å². The number of hydrogen-bond acceptors (Lipinski definition) is 2. The molecule has 3 aromatic carbocycles. The van der Waals surface area contributed by atoms with Crippen molar-refractivity contribution >= 4 is 35.5 Å². The number of para-hydroxylation sites is 2. The lowest BCUT2D eigenvalue weighted by Gasteiger charge is -2.06. The van der Waals surface area contributed by atoms with E-state index in [4.69, 9.17) is 5.73 Å². The van der Waals surface area contributed by atoms with Crippen molar-refractivity contribution in [3.8, 4) is 0 Å². The number of nitrogen functional groups attached to an aromatic ring is 1. The lowest BCUT2D eigenvalue weighted by Crippen LogP contribution is -2.09. The SMILES string of the molecule is Cc1cc(/C=C/c2ccc(/C=C/C(=O)Nc3ccccc3N)cc2)cc(C)c1C. The Kier molecular flexibility index (Phi) is 6.30. The van der Waals surface area contributed by atoms with Crippen LogP contribution in [0.4, 0.5) is 11.4 Å². The summed E-state index contributed by atoms with van der Waals surface area (Å²) in [7, 11) is 0. The van der Waals surface area contributed by atoms with Crippen LogP contribution in [0.5, 0.6) is 0 Å². The Morgan fingerprint density at radius 2 is 1.34 bits per heavy atom. The minimum atomic E-state index is -0.211. The van der Waals surface area contributed by atoms with Gasteiger partial charge in [0.25, 0.3) is 0 Å². The van der Waals surface area contributed by atoms with Crippen molar-refractivity contribution in [1.82, 2.24) is 0 Å². The molecule has 1 amide bonds. The maximum Gasteiger partial charge on any atom is 0.248 e. The Balaban J connectivity index is 1.63. The summed E-state index contributed by atoms with van der Waals surface area (Å²) in [4.78, 5) is 12.1. The van der Waals surface area contributed by atoms with Crippen LogP contribution in [0, 0.1) is 20.8 Å². The predicted molar refractivity (Wildman–Crippen MR) is 125 cm³/mol. The van der Waals surface area contributed by atoms with Crippen molar-refractivity contribution in [2.45, 2.75) is 20.8 Å². The van der Waals surface area contributed by atoms with E-state index in [2.05, 4.69) is 50.4 Å². The second-order valence-corrected chi connectivity index (χ2v) is 7.19. The minimum Gasteiger partial charge on any atom is -0.397 e. The molecule has 0 aliphatic rings. The topological polar surface area (TPSA) is 55.1 Å². The van der Waals surface area contributed by atoms with Gasteiger partial charge in [0.15, 0.2) is 0 Å². The molecule has 0 aromatic heterocycles. The van der Waals surface area contributed by atoms with Crippen LogP contribution >= 0.6 is 0 Å². The number of nitrogens with two attached hydrogens (primary N) is 1. The summed E-state index contributed by atoms with van der Waals surface area (Å²) in [5.41, 5.74) is 14.2. The standard InChI is InChI=1S/C26H26N2O/c1-18-16-23(17-19(2)20(18)3)13-12-21-8-10-22(11-9-21)14-15-26(29)28-25-7-5-4-6-24(25)27/h4-17H,27H2,1-3H3,(H,28,29)/b13-12+,15-14+. The van der Waals surface area contributed by atoms with Gasteiger partial charge in [-0.25, -0.2) is 0 Å². The monoisotopic (exact) mass is 382 g/mol. The van der Waals surface area contributed by atoms with Crippen molar-refractivity contribution in [2.24, 2.45) is 0 Å². The second-order valence-electron chi connectivity index (χ2n) is 7.19. The summed E-state index contributed by atoms with van der Waals surface area (Å²) in [6.07, 6.45) is 7.52. The summed E-state index contributed by atoms with van der Waals surface area (Å²) >= 11 is 0. The highest BCUT2D eigenvalue weighted by Gasteiger charge is 2.01. The molecular weight excluding hydrogens is 356 g/mol. The highest BCUT2D eigenvalue weighted by Crippen LogP contribution is 2.18. The molecule has 0 unspecified atom stereocenters. The molecule has 0 bridgehead atoms. The van der Waals surface area contributed by atoms with E-state index in [-0.39, 0.29) is 5.91 Å². The van der Waals surface area contributed by atoms with Gasteiger partial charge in [0, 0.05) is 6.08 Å². The van der Waals surface area contributed by atoms with E-state index in [1.165, 1.54) is 28.3 Å². The summed E-state index contributed by atoms with van der Waals surface area (Å²) in [5.74, 6) is -0.211. The van der Waals surface area contributed by atoms with Gasteiger partial charge in [0.05, 0.1) is 11.4 Å². The van der Waals surface area contributed by atoms with E-state index in [1.54, 1.807) is 18.2 Å². The molecule has 0 atom stereocenters. The number of hydrogen-bond donors (Lipinski definition) is 2. The molecule has 0 radical (unpaired) electrons. The number of carbonyl (C=O) groups is 1. The van der Waals surface area contributed by atoms with Gasteiger partial charge in [-0.3, -0.25) is 4.79 Å². The van der Waals surface area contributed by atoms with Crippen LogP contribution in [0.1, 0.15) is 33.4 Å². The molecule has 0 fully saturated rings. The van der Waals surface area contributed by atoms with Gasteiger partial charge in [-0.05, 0) is 72.4 Å². The van der Waals surface area contributed by atoms with Crippen LogP contribution in [-0.4, -0.2) is 5.91 Å². The number of amides is 1. The lowest BCUT2D eigenvalue weighted by molar-refractivity contribution is -0.111. The van der Waals surface area contributed by atoms with Crippen LogP contribution in [0.15, 0.2) is 66.7 Å². The Morgan fingerprint density at radius 1 is 0.793 bits per heavy atom. The molecule has 3 nitrogen and oxygen atoms in total. The molecule has 146 valence electrons. The van der Waals surface area contributed by atoms with Gasteiger partial charge < -0.3 is 11.1 Å². The third-order valence-electron chi connectivity index (χ3n) is 5.00. The van der Waals surface area contributed by atoms with E-state index in [9.17, 15) is 4.79 Å². The largest absolute Gasteiger partial charge is 0.397 e. The first-order chi connectivity index (χ1) is 13.9. The van der Waals surface area contributed by atoms with Gasteiger partial charge >= 0.3 is 0 Å².